The average molecular weight is 364 g/mol. The predicted octanol–water partition coefficient (Wildman–Crippen LogP) is 3.73. The van der Waals surface area contributed by atoms with Crippen molar-refractivity contribution in [3.05, 3.63) is 70.8 Å². The SMILES string of the molecule is CCC[C@]1(c2ccccc2)NC(=O)N(CC(=O)c2cc(C)ccc2C)C1=O. The first kappa shape index (κ1) is 18.8. The van der Waals surface area contributed by atoms with Crippen LogP contribution in [0.4, 0.5) is 4.79 Å². The van der Waals surface area contributed by atoms with E-state index in [1.807, 2.05) is 63.2 Å². The fourth-order valence-electron chi connectivity index (χ4n) is 3.64. The third kappa shape index (κ3) is 3.37. The van der Waals surface area contributed by atoms with Crippen LogP contribution in [0, 0.1) is 13.8 Å². The van der Waals surface area contributed by atoms with Gasteiger partial charge in [0.2, 0.25) is 0 Å². The number of urea groups is 1. The second-order valence-electron chi connectivity index (χ2n) is 7.08. The summed E-state index contributed by atoms with van der Waals surface area (Å²) in [6.45, 7) is 5.47. The van der Waals surface area contributed by atoms with Crippen molar-refractivity contribution in [2.45, 2.75) is 39.2 Å². The van der Waals surface area contributed by atoms with Crippen molar-refractivity contribution in [2.75, 3.05) is 6.54 Å². The molecule has 2 aromatic rings. The molecule has 1 aliphatic rings. The van der Waals surface area contributed by atoms with E-state index in [-0.39, 0.29) is 18.2 Å². The molecule has 1 aliphatic heterocycles. The first-order chi connectivity index (χ1) is 12.9. The van der Waals surface area contributed by atoms with Gasteiger partial charge in [0.25, 0.3) is 5.91 Å². The molecule has 0 bridgehead atoms. The lowest BCUT2D eigenvalue weighted by atomic mass is 9.85. The Hall–Kier alpha value is -2.95. The van der Waals surface area contributed by atoms with Gasteiger partial charge in [0, 0.05) is 5.56 Å². The normalized spacial score (nSPS) is 19.3. The van der Waals surface area contributed by atoms with Crippen molar-refractivity contribution in [2.24, 2.45) is 0 Å². The standard InChI is InChI=1S/C22H24N2O3/c1-4-12-22(17-8-6-5-7-9-17)20(26)24(21(27)23-22)14-19(25)18-13-15(2)10-11-16(18)3/h5-11,13H,4,12,14H2,1-3H3,(H,23,27)/t22-/m1/s1. The van der Waals surface area contributed by atoms with Crippen molar-refractivity contribution in [3.8, 4) is 0 Å². The van der Waals surface area contributed by atoms with E-state index in [0.29, 0.717) is 12.0 Å². The number of hydrogen-bond donors (Lipinski definition) is 1. The molecular formula is C22H24N2O3. The number of imide groups is 1. The Balaban J connectivity index is 1.91. The fourth-order valence-corrected chi connectivity index (χ4v) is 3.64. The van der Waals surface area contributed by atoms with E-state index in [2.05, 4.69) is 5.32 Å². The first-order valence-corrected chi connectivity index (χ1v) is 9.19. The van der Waals surface area contributed by atoms with Crippen molar-refractivity contribution in [1.82, 2.24) is 10.2 Å². The van der Waals surface area contributed by atoms with E-state index in [9.17, 15) is 14.4 Å². The summed E-state index contributed by atoms with van der Waals surface area (Å²) in [5.74, 6) is -0.598. The number of amides is 3. The minimum atomic E-state index is -1.10. The summed E-state index contributed by atoms with van der Waals surface area (Å²) in [4.78, 5) is 39.7. The molecule has 27 heavy (non-hydrogen) atoms. The molecule has 5 nitrogen and oxygen atoms in total. The lowest BCUT2D eigenvalue weighted by Crippen LogP contribution is -2.44. The number of aryl methyl sites for hydroxylation is 2. The highest BCUT2D eigenvalue weighted by Crippen LogP contribution is 2.33. The second-order valence-corrected chi connectivity index (χ2v) is 7.08. The van der Waals surface area contributed by atoms with Crippen LogP contribution in [0.3, 0.4) is 0 Å². The maximum atomic E-state index is 13.2. The third-order valence-electron chi connectivity index (χ3n) is 5.06. The molecule has 0 radical (unpaired) electrons. The Labute approximate surface area is 159 Å². The number of nitrogens with zero attached hydrogens (tertiary/aromatic N) is 1. The number of carbonyl (C=O) groups excluding carboxylic acids is 3. The van der Waals surface area contributed by atoms with Gasteiger partial charge in [-0.2, -0.15) is 0 Å². The lowest BCUT2D eigenvalue weighted by Gasteiger charge is -2.26. The number of nitrogens with one attached hydrogen (secondary N) is 1. The van der Waals surface area contributed by atoms with Crippen LogP contribution in [-0.4, -0.2) is 29.2 Å². The lowest BCUT2D eigenvalue weighted by molar-refractivity contribution is -0.131. The molecule has 0 saturated carbocycles. The van der Waals surface area contributed by atoms with Crippen LogP contribution in [0.2, 0.25) is 0 Å². The number of Topliss-reactive ketones (excluding diaryl/α,β-unsaturated/α-hetero) is 1. The number of hydrogen-bond acceptors (Lipinski definition) is 3. The molecule has 0 spiro atoms. The van der Waals surface area contributed by atoms with Crippen molar-refractivity contribution in [3.63, 3.8) is 0 Å². The molecule has 3 amide bonds. The molecule has 1 heterocycles. The van der Waals surface area contributed by atoms with Gasteiger partial charge < -0.3 is 5.32 Å². The van der Waals surface area contributed by atoms with Gasteiger partial charge in [0.05, 0.1) is 6.54 Å². The topological polar surface area (TPSA) is 66.5 Å². The molecule has 1 fully saturated rings. The summed E-state index contributed by atoms with van der Waals surface area (Å²) >= 11 is 0. The zero-order chi connectivity index (χ0) is 19.6. The molecule has 1 saturated heterocycles. The molecule has 3 rings (SSSR count). The Morgan fingerprint density at radius 2 is 1.78 bits per heavy atom. The second kappa shape index (κ2) is 7.35. The van der Waals surface area contributed by atoms with Crippen LogP contribution in [-0.2, 0) is 10.3 Å². The van der Waals surface area contributed by atoms with E-state index in [1.54, 1.807) is 6.07 Å². The summed E-state index contributed by atoms with van der Waals surface area (Å²) in [6, 6.07) is 14.3. The maximum Gasteiger partial charge on any atom is 0.325 e. The number of ketones is 1. The van der Waals surface area contributed by atoms with E-state index in [4.69, 9.17) is 0 Å². The van der Waals surface area contributed by atoms with Crippen LogP contribution in [0.15, 0.2) is 48.5 Å². The third-order valence-corrected chi connectivity index (χ3v) is 5.06. The van der Waals surface area contributed by atoms with E-state index in [1.165, 1.54) is 0 Å². The smallest absolute Gasteiger partial charge is 0.319 e. The molecule has 1 atom stereocenters. The van der Waals surface area contributed by atoms with Gasteiger partial charge >= 0.3 is 6.03 Å². The molecule has 5 heteroatoms. The van der Waals surface area contributed by atoms with E-state index >= 15 is 0 Å². The van der Waals surface area contributed by atoms with Gasteiger partial charge in [-0.3, -0.25) is 14.5 Å². The number of rotatable bonds is 6. The Bertz CT molecular complexity index is 892. The Kier molecular flexibility index (Phi) is 5.13. The van der Waals surface area contributed by atoms with Gasteiger partial charge in [-0.25, -0.2) is 4.79 Å². The van der Waals surface area contributed by atoms with Crippen LogP contribution in [0.25, 0.3) is 0 Å². The van der Waals surface area contributed by atoms with Crippen molar-refractivity contribution < 1.29 is 14.4 Å². The van der Waals surface area contributed by atoms with Crippen molar-refractivity contribution >= 4 is 17.7 Å². The number of carbonyl (C=O) groups is 3. The number of benzene rings is 2. The van der Waals surface area contributed by atoms with E-state index < -0.39 is 11.6 Å². The van der Waals surface area contributed by atoms with E-state index in [0.717, 1.165) is 28.0 Å². The van der Waals surface area contributed by atoms with Gasteiger partial charge in [-0.15, -0.1) is 0 Å². The Morgan fingerprint density at radius 1 is 1.07 bits per heavy atom. The molecule has 0 unspecified atom stereocenters. The summed E-state index contributed by atoms with van der Waals surface area (Å²) in [6.07, 6.45) is 1.20. The average Bonchev–Trinajstić information content (AvgIpc) is 2.90. The maximum absolute atomic E-state index is 13.2. The summed E-state index contributed by atoms with van der Waals surface area (Å²) in [5, 5.41) is 2.85. The quantitative estimate of drug-likeness (QED) is 0.627. The predicted molar refractivity (Wildman–Crippen MR) is 104 cm³/mol. The summed E-state index contributed by atoms with van der Waals surface area (Å²) in [5.41, 5.74) is 1.98. The van der Waals surface area contributed by atoms with Crippen LogP contribution < -0.4 is 5.32 Å². The summed E-state index contributed by atoms with van der Waals surface area (Å²) < 4.78 is 0. The monoisotopic (exact) mass is 364 g/mol. The van der Waals surface area contributed by atoms with Crippen LogP contribution in [0.1, 0.15) is 46.8 Å². The fraction of sp³-hybridized carbons (Fsp3) is 0.318. The molecule has 2 aromatic carbocycles. The Morgan fingerprint density at radius 3 is 2.44 bits per heavy atom. The zero-order valence-corrected chi connectivity index (χ0v) is 15.9. The van der Waals surface area contributed by atoms with Crippen molar-refractivity contribution in [1.29, 1.82) is 0 Å². The first-order valence-electron chi connectivity index (χ1n) is 9.19. The largest absolute Gasteiger partial charge is 0.325 e. The van der Waals surface area contributed by atoms with Gasteiger partial charge in [-0.1, -0.05) is 61.4 Å². The molecule has 0 aliphatic carbocycles. The minimum Gasteiger partial charge on any atom is -0.319 e. The van der Waals surface area contributed by atoms with Crippen LogP contribution >= 0.6 is 0 Å². The van der Waals surface area contributed by atoms with Crippen LogP contribution in [0.5, 0.6) is 0 Å². The van der Waals surface area contributed by atoms with Gasteiger partial charge in [0.15, 0.2) is 5.78 Å². The molecular weight excluding hydrogens is 340 g/mol. The highest BCUT2D eigenvalue weighted by atomic mass is 16.2. The molecule has 0 aromatic heterocycles. The minimum absolute atomic E-state index is 0.236. The van der Waals surface area contributed by atoms with Gasteiger partial charge in [0.1, 0.15) is 5.54 Å². The highest BCUT2D eigenvalue weighted by molar-refractivity contribution is 6.11. The highest BCUT2D eigenvalue weighted by Gasteiger charge is 2.52. The summed E-state index contributed by atoms with van der Waals surface area (Å²) in [7, 11) is 0. The molecule has 140 valence electrons. The van der Waals surface area contributed by atoms with Gasteiger partial charge in [-0.05, 0) is 37.5 Å². The zero-order valence-electron chi connectivity index (χ0n) is 15.9. The molecule has 1 N–H and O–H groups in total.